The molecule has 0 aliphatic rings. The number of hydrogen-bond acceptors (Lipinski definition) is 3. The summed E-state index contributed by atoms with van der Waals surface area (Å²) in [4.78, 5) is 11.6. The number of carbonyl (C=O) groups is 1. The van der Waals surface area contributed by atoms with Crippen LogP contribution in [0.15, 0.2) is 28.9 Å². The molecule has 2 aromatic rings. The van der Waals surface area contributed by atoms with Gasteiger partial charge in [-0.05, 0) is 41.1 Å². The molecule has 0 unspecified atom stereocenters. The van der Waals surface area contributed by atoms with E-state index in [9.17, 15) is 22.4 Å². The molecular formula is C13H9BrF4N2O2. The smallest absolute Gasteiger partial charge is 0.434 e. The van der Waals surface area contributed by atoms with Gasteiger partial charge in [0.1, 0.15) is 11.4 Å². The summed E-state index contributed by atoms with van der Waals surface area (Å²) >= 11 is 2.98. The normalized spacial score (nSPS) is 11.5. The minimum atomic E-state index is -4.84. The van der Waals surface area contributed by atoms with Gasteiger partial charge >= 0.3 is 12.1 Å². The zero-order chi connectivity index (χ0) is 16.5. The van der Waals surface area contributed by atoms with E-state index in [0.717, 1.165) is 24.4 Å². The van der Waals surface area contributed by atoms with E-state index in [1.54, 1.807) is 0 Å². The SMILES string of the molecule is CCOC(=O)c1cnn(-c2ccc(F)cc2Br)c1C(F)(F)F. The minimum Gasteiger partial charge on any atom is -0.462 e. The fourth-order valence-corrected chi connectivity index (χ4v) is 2.33. The van der Waals surface area contributed by atoms with Crippen LogP contribution in [0.5, 0.6) is 0 Å². The highest BCUT2D eigenvalue weighted by Crippen LogP contribution is 2.35. The van der Waals surface area contributed by atoms with E-state index in [1.807, 2.05) is 0 Å². The average molecular weight is 381 g/mol. The number of rotatable bonds is 3. The standard InChI is InChI=1S/C13H9BrF4N2O2/c1-2-22-12(21)8-6-19-20(11(8)13(16,17)18)10-4-3-7(15)5-9(10)14/h3-6H,2H2,1H3. The molecule has 0 spiro atoms. The van der Waals surface area contributed by atoms with Crippen LogP contribution < -0.4 is 0 Å². The highest BCUT2D eigenvalue weighted by Gasteiger charge is 2.41. The Balaban J connectivity index is 2.64. The van der Waals surface area contributed by atoms with Gasteiger partial charge in [0.2, 0.25) is 0 Å². The first-order valence-electron chi connectivity index (χ1n) is 6.03. The van der Waals surface area contributed by atoms with Gasteiger partial charge in [0.05, 0.1) is 18.5 Å². The van der Waals surface area contributed by atoms with Crippen LogP contribution in [-0.4, -0.2) is 22.4 Å². The summed E-state index contributed by atoms with van der Waals surface area (Å²) in [7, 11) is 0. The Morgan fingerprint density at radius 3 is 2.64 bits per heavy atom. The quantitative estimate of drug-likeness (QED) is 0.597. The van der Waals surface area contributed by atoms with E-state index >= 15 is 0 Å². The molecule has 0 atom stereocenters. The Morgan fingerprint density at radius 1 is 1.41 bits per heavy atom. The molecule has 0 fully saturated rings. The van der Waals surface area contributed by atoms with Crippen molar-refractivity contribution >= 4 is 21.9 Å². The molecule has 0 amide bonds. The topological polar surface area (TPSA) is 44.1 Å². The highest BCUT2D eigenvalue weighted by molar-refractivity contribution is 9.10. The van der Waals surface area contributed by atoms with Crippen LogP contribution in [-0.2, 0) is 10.9 Å². The zero-order valence-corrected chi connectivity index (χ0v) is 12.7. The van der Waals surface area contributed by atoms with Gasteiger partial charge in [-0.2, -0.15) is 18.3 Å². The number of aromatic nitrogens is 2. The third kappa shape index (κ3) is 3.13. The molecule has 0 N–H and O–H groups in total. The maximum absolute atomic E-state index is 13.3. The first-order valence-corrected chi connectivity index (χ1v) is 6.82. The van der Waals surface area contributed by atoms with Gasteiger partial charge in [-0.3, -0.25) is 0 Å². The summed E-state index contributed by atoms with van der Waals surface area (Å²) in [6.45, 7) is 1.41. The number of alkyl halides is 3. The highest BCUT2D eigenvalue weighted by atomic mass is 79.9. The lowest BCUT2D eigenvalue weighted by molar-refractivity contribution is -0.143. The van der Waals surface area contributed by atoms with Crippen molar-refractivity contribution in [2.45, 2.75) is 13.1 Å². The van der Waals surface area contributed by atoms with E-state index in [1.165, 1.54) is 6.92 Å². The van der Waals surface area contributed by atoms with Crippen LogP contribution >= 0.6 is 15.9 Å². The Labute approximate surface area is 130 Å². The van der Waals surface area contributed by atoms with Crippen LogP contribution in [0.2, 0.25) is 0 Å². The largest absolute Gasteiger partial charge is 0.462 e. The van der Waals surface area contributed by atoms with E-state index in [2.05, 4.69) is 25.8 Å². The number of hydrogen-bond donors (Lipinski definition) is 0. The fraction of sp³-hybridized carbons (Fsp3) is 0.231. The Bertz CT molecular complexity index is 713. The van der Waals surface area contributed by atoms with Gasteiger partial charge in [0, 0.05) is 4.47 Å². The number of halogens is 5. The molecular weight excluding hydrogens is 372 g/mol. The lowest BCUT2D eigenvalue weighted by Gasteiger charge is -2.13. The van der Waals surface area contributed by atoms with Crippen molar-refractivity contribution in [1.29, 1.82) is 0 Å². The predicted octanol–water partition coefficient (Wildman–Crippen LogP) is 3.97. The monoisotopic (exact) mass is 380 g/mol. The van der Waals surface area contributed by atoms with Crippen molar-refractivity contribution in [3.63, 3.8) is 0 Å². The van der Waals surface area contributed by atoms with Crippen molar-refractivity contribution in [3.8, 4) is 5.69 Å². The first kappa shape index (κ1) is 16.5. The molecule has 0 aliphatic heterocycles. The summed E-state index contributed by atoms with van der Waals surface area (Å²) in [6, 6.07) is 3.11. The van der Waals surface area contributed by atoms with Crippen LogP contribution in [0, 0.1) is 5.82 Å². The van der Waals surface area contributed by atoms with Crippen LogP contribution in [0.1, 0.15) is 23.0 Å². The second kappa shape index (κ2) is 6.07. The van der Waals surface area contributed by atoms with Gasteiger partial charge in [0.15, 0.2) is 5.69 Å². The summed E-state index contributed by atoms with van der Waals surface area (Å²) < 4.78 is 58.1. The van der Waals surface area contributed by atoms with Crippen LogP contribution in [0.3, 0.4) is 0 Å². The molecule has 2 rings (SSSR count). The minimum absolute atomic E-state index is 0.0516. The third-order valence-corrected chi connectivity index (χ3v) is 3.31. The first-order chi connectivity index (χ1) is 10.3. The fourth-order valence-electron chi connectivity index (χ4n) is 1.82. The van der Waals surface area contributed by atoms with E-state index in [-0.39, 0.29) is 16.8 Å². The Morgan fingerprint density at radius 2 is 2.09 bits per heavy atom. The maximum atomic E-state index is 13.3. The Kier molecular flexibility index (Phi) is 4.55. The average Bonchev–Trinajstić information content (AvgIpc) is 2.83. The van der Waals surface area contributed by atoms with Crippen molar-refractivity contribution in [1.82, 2.24) is 9.78 Å². The predicted molar refractivity (Wildman–Crippen MR) is 72.2 cm³/mol. The summed E-state index contributed by atoms with van der Waals surface area (Å²) in [5.41, 5.74) is -2.03. The molecule has 0 bridgehead atoms. The van der Waals surface area contributed by atoms with Gasteiger partial charge in [-0.15, -0.1) is 0 Å². The zero-order valence-electron chi connectivity index (χ0n) is 11.1. The van der Waals surface area contributed by atoms with Gasteiger partial charge in [0.25, 0.3) is 0 Å². The lowest BCUT2D eigenvalue weighted by atomic mass is 10.2. The van der Waals surface area contributed by atoms with Gasteiger partial charge in [-0.1, -0.05) is 0 Å². The van der Waals surface area contributed by atoms with Crippen molar-refractivity contribution in [3.05, 3.63) is 45.9 Å². The molecule has 0 aliphatic carbocycles. The van der Waals surface area contributed by atoms with Crippen LogP contribution in [0.25, 0.3) is 5.69 Å². The summed E-state index contributed by atoms with van der Waals surface area (Å²) in [6.07, 6.45) is -4.07. The number of esters is 1. The molecule has 1 aromatic carbocycles. The number of nitrogens with zero attached hydrogens (tertiary/aromatic N) is 2. The van der Waals surface area contributed by atoms with E-state index < -0.39 is 29.2 Å². The molecule has 22 heavy (non-hydrogen) atoms. The molecule has 0 radical (unpaired) electrons. The van der Waals surface area contributed by atoms with Crippen molar-refractivity contribution < 1.29 is 27.1 Å². The van der Waals surface area contributed by atoms with Crippen LogP contribution in [0.4, 0.5) is 17.6 Å². The number of carbonyl (C=O) groups excluding carboxylic acids is 1. The van der Waals surface area contributed by atoms with Gasteiger partial charge in [-0.25, -0.2) is 13.9 Å². The summed E-state index contributed by atoms with van der Waals surface area (Å²) in [5.74, 6) is -1.75. The third-order valence-electron chi connectivity index (χ3n) is 2.67. The Hall–Kier alpha value is -1.90. The second-order valence-corrected chi connectivity index (χ2v) is 4.99. The second-order valence-electron chi connectivity index (χ2n) is 4.13. The van der Waals surface area contributed by atoms with Gasteiger partial charge < -0.3 is 4.74 Å². The maximum Gasteiger partial charge on any atom is 0.434 e. The van der Waals surface area contributed by atoms with Crippen molar-refractivity contribution in [2.24, 2.45) is 0 Å². The molecule has 9 heteroatoms. The molecule has 0 saturated heterocycles. The number of ether oxygens (including phenoxy) is 1. The molecule has 1 heterocycles. The lowest BCUT2D eigenvalue weighted by Crippen LogP contribution is -2.18. The molecule has 1 aromatic heterocycles. The van der Waals surface area contributed by atoms with Crippen molar-refractivity contribution in [2.75, 3.05) is 6.61 Å². The molecule has 0 saturated carbocycles. The number of benzene rings is 1. The molecule has 4 nitrogen and oxygen atoms in total. The summed E-state index contributed by atoms with van der Waals surface area (Å²) in [5, 5.41) is 3.59. The van der Waals surface area contributed by atoms with E-state index in [0.29, 0.717) is 4.68 Å². The molecule has 118 valence electrons. The van der Waals surface area contributed by atoms with E-state index in [4.69, 9.17) is 0 Å².